The molecule has 1 aliphatic rings. The van der Waals surface area contributed by atoms with Crippen LogP contribution in [0.2, 0.25) is 10.0 Å². The van der Waals surface area contributed by atoms with Crippen molar-refractivity contribution in [3.05, 3.63) is 51.5 Å². The van der Waals surface area contributed by atoms with Crippen LogP contribution in [0.5, 0.6) is 0 Å². The number of esters is 1. The van der Waals surface area contributed by atoms with Gasteiger partial charge in [0.2, 0.25) is 0 Å². The van der Waals surface area contributed by atoms with Crippen LogP contribution in [0, 0.1) is 0 Å². The van der Waals surface area contributed by atoms with Gasteiger partial charge in [0, 0.05) is 0 Å². The summed E-state index contributed by atoms with van der Waals surface area (Å²) >= 11 is 12.2. The molecule has 1 aliphatic carbocycles. The zero-order chi connectivity index (χ0) is 14.3. The minimum Gasteiger partial charge on any atom is -0.465 e. The van der Waals surface area contributed by atoms with Gasteiger partial charge in [-0.1, -0.05) is 41.4 Å². The summed E-state index contributed by atoms with van der Waals surface area (Å²) in [7, 11) is 1.40. The van der Waals surface area contributed by atoms with E-state index in [2.05, 4.69) is 0 Å². The zero-order valence-corrected chi connectivity index (χ0v) is 12.4. The number of hydrogen-bond acceptors (Lipinski definition) is 2. The minimum absolute atomic E-state index is 0.301. The minimum atomic E-state index is -0.301. The van der Waals surface area contributed by atoms with Gasteiger partial charge in [-0.3, -0.25) is 0 Å². The quantitative estimate of drug-likeness (QED) is 0.717. The van der Waals surface area contributed by atoms with Crippen LogP contribution in [0.4, 0.5) is 0 Å². The van der Waals surface area contributed by atoms with Gasteiger partial charge >= 0.3 is 5.97 Å². The van der Waals surface area contributed by atoms with Crippen molar-refractivity contribution in [2.24, 2.45) is 0 Å². The number of methoxy groups -OCH3 is 1. The molecule has 4 heteroatoms. The van der Waals surface area contributed by atoms with Gasteiger partial charge in [-0.2, -0.15) is 0 Å². The Bertz CT molecular complexity index is 748. The highest BCUT2D eigenvalue weighted by atomic mass is 35.5. The monoisotopic (exact) mass is 306 g/mol. The van der Waals surface area contributed by atoms with Crippen molar-refractivity contribution in [1.29, 1.82) is 0 Å². The summed E-state index contributed by atoms with van der Waals surface area (Å²) in [6.07, 6.45) is 3.62. The molecule has 0 bridgehead atoms. The molecule has 102 valence electrons. The highest BCUT2D eigenvalue weighted by Crippen LogP contribution is 2.36. The van der Waals surface area contributed by atoms with Crippen molar-refractivity contribution in [2.45, 2.75) is 12.8 Å². The number of carbonyl (C=O) groups excluding carboxylic acids is 1. The van der Waals surface area contributed by atoms with Crippen LogP contribution >= 0.6 is 23.2 Å². The summed E-state index contributed by atoms with van der Waals surface area (Å²) in [5.41, 5.74) is 2.68. The van der Waals surface area contributed by atoms with Crippen LogP contribution in [-0.4, -0.2) is 13.1 Å². The van der Waals surface area contributed by atoms with Gasteiger partial charge < -0.3 is 4.74 Å². The van der Waals surface area contributed by atoms with Gasteiger partial charge in [0.15, 0.2) is 0 Å². The summed E-state index contributed by atoms with van der Waals surface area (Å²) in [6.45, 7) is 0. The lowest BCUT2D eigenvalue weighted by molar-refractivity contribution is -0.133. The first-order chi connectivity index (χ1) is 9.61. The molecule has 2 aromatic rings. The smallest absolute Gasteiger partial charge is 0.338 e. The molecule has 0 spiro atoms. The van der Waals surface area contributed by atoms with Gasteiger partial charge in [-0.25, -0.2) is 4.79 Å². The van der Waals surface area contributed by atoms with Crippen molar-refractivity contribution in [3.8, 4) is 0 Å². The normalized spacial score (nSPS) is 13.8. The largest absolute Gasteiger partial charge is 0.465 e. The fourth-order valence-corrected chi connectivity index (χ4v) is 3.01. The molecule has 0 saturated carbocycles. The second-order valence-electron chi connectivity index (χ2n) is 4.73. The lowest BCUT2D eigenvalue weighted by Crippen LogP contribution is -2.10. The first-order valence-electron chi connectivity index (χ1n) is 6.31. The Balaban J connectivity index is 2.27. The Morgan fingerprint density at radius 2 is 1.95 bits per heavy atom. The molecular weight excluding hydrogens is 295 g/mol. The molecule has 0 aliphatic heterocycles. The molecule has 0 amide bonds. The van der Waals surface area contributed by atoms with Crippen molar-refractivity contribution < 1.29 is 9.53 Å². The number of allylic oxidation sites excluding steroid dienone is 1. The summed E-state index contributed by atoms with van der Waals surface area (Å²) < 4.78 is 4.85. The van der Waals surface area contributed by atoms with Crippen molar-refractivity contribution in [2.75, 3.05) is 7.11 Å². The lowest BCUT2D eigenvalue weighted by atomic mass is 9.87. The van der Waals surface area contributed by atoms with Gasteiger partial charge in [0.05, 0.1) is 22.7 Å². The number of aryl methyl sites for hydroxylation is 1. The van der Waals surface area contributed by atoms with E-state index in [1.165, 1.54) is 7.11 Å². The third-order valence-corrected chi connectivity index (χ3v) is 4.33. The molecule has 20 heavy (non-hydrogen) atoms. The van der Waals surface area contributed by atoms with Crippen LogP contribution in [0.1, 0.15) is 17.5 Å². The number of carbonyl (C=O) groups is 1. The number of hydrogen-bond donors (Lipinski definition) is 0. The van der Waals surface area contributed by atoms with Crippen LogP contribution in [0.15, 0.2) is 30.3 Å². The van der Waals surface area contributed by atoms with E-state index in [9.17, 15) is 4.79 Å². The van der Waals surface area contributed by atoms with E-state index < -0.39 is 0 Å². The number of fused-ring (bicyclic) bond motifs is 3. The van der Waals surface area contributed by atoms with Gasteiger partial charge in [0.1, 0.15) is 0 Å². The predicted octanol–water partition coefficient (Wildman–Crippen LogP) is 4.65. The molecule has 0 fully saturated rings. The Morgan fingerprint density at radius 3 is 2.70 bits per heavy atom. The van der Waals surface area contributed by atoms with E-state index in [4.69, 9.17) is 27.9 Å². The van der Waals surface area contributed by atoms with E-state index in [1.54, 1.807) is 0 Å². The molecule has 0 saturated heterocycles. The molecular formula is C16H12Cl2O2. The fourth-order valence-electron chi connectivity index (χ4n) is 2.68. The Hall–Kier alpha value is -1.51. The highest BCUT2D eigenvalue weighted by Gasteiger charge is 2.21. The third kappa shape index (κ3) is 2.09. The van der Waals surface area contributed by atoms with Crippen LogP contribution < -0.4 is 0 Å². The Kier molecular flexibility index (Phi) is 3.45. The molecule has 0 atom stereocenters. The SMILES string of the molecule is COC(=O)C1=CCCc2c1ccc1cc(Cl)c(Cl)cc21. The summed E-state index contributed by atoms with van der Waals surface area (Å²) in [5.74, 6) is -0.301. The van der Waals surface area contributed by atoms with Gasteiger partial charge in [-0.05, 0) is 46.9 Å². The topological polar surface area (TPSA) is 26.3 Å². The summed E-state index contributed by atoms with van der Waals surface area (Å²) in [5, 5.41) is 3.15. The summed E-state index contributed by atoms with van der Waals surface area (Å²) in [6, 6.07) is 7.64. The second-order valence-corrected chi connectivity index (χ2v) is 5.54. The van der Waals surface area contributed by atoms with E-state index in [0.29, 0.717) is 15.6 Å². The average molecular weight is 307 g/mol. The maximum atomic E-state index is 11.8. The van der Waals surface area contributed by atoms with Crippen molar-refractivity contribution in [1.82, 2.24) is 0 Å². The van der Waals surface area contributed by atoms with E-state index in [-0.39, 0.29) is 5.97 Å². The Morgan fingerprint density at radius 1 is 1.20 bits per heavy atom. The maximum Gasteiger partial charge on any atom is 0.338 e. The molecule has 3 rings (SSSR count). The van der Waals surface area contributed by atoms with Crippen LogP contribution in [0.3, 0.4) is 0 Å². The highest BCUT2D eigenvalue weighted by molar-refractivity contribution is 6.42. The molecule has 0 aromatic heterocycles. The van der Waals surface area contributed by atoms with Crippen molar-refractivity contribution >= 4 is 45.5 Å². The average Bonchev–Trinajstić information content (AvgIpc) is 2.47. The maximum absolute atomic E-state index is 11.8. The van der Waals surface area contributed by atoms with E-state index in [1.807, 2.05) is 30.3 Å². The molecule has 0 radical (unpaired) electrons. The Labute approximate surface area is 126 Å². The summed E-state index contributed by atoms with van der Waals surface area (Å²) in [4.78, 5) is 11.8. The van der Waals surface area contributed by atoms with Crippen molar-refractivity contribution in [3.63, 3.8) is 0 Å². The lowest BCUT2D eigenvalue weighted by Gasteiger charge is -2.18. The zero-order valence-electron chi connectivity index (χ0n) is 10.9. The first-order valence-corrected chi connectivity index (χ1v) is 7.07. The van der Waals surface area contributed by atoms with Gasteiger partial charge in [0.25, 0.3) is 0 Å². The van der Waals surface area contributed by atoms with E-state index >= 15 is 0 Å². The third-order valence-electron chi connectivity index (χ3n) is 3.61. The predicted molar refractivity (Wildman–Crippen MR) is 82.3 cm³/mol. The number of benzene rings is 2. The molecule has 0 heterocycles. The van der Waals surface area contributed by atoms with Crippen LogP contribution in [-0.2, 0) is 16.0 Å². The molecule has 0 N–H and O–H groups in total. The van der Waals surface area contributed by atoms with Gasteiger partial charge in [-0.15, -0.1) is 0 Å². The second kappa shape index (κ2) is 5.12. The molecule has 0 unspecified atom stereocenters. The number of halogens is 2. The molecule has 2 nitrogen and oxygen atoms in total. The first kappa shape index (κ1) is 13.5. The van der Waals surface area contributed by atoms with Crippen LogP contribution in [0.25, 0.3) is 16.3 Å². The number of rotatable bonds is 1. The fraction of sp³-hybridized carbons (Fsp3) is 0.188. The number of ether oxygens (including phenoxy) is 1. The standard InChI is InChI=1S/C16H12Cl2O2/c1-20-16(19)12-4-2-3-10-11(12)6-5-9-7-14(17)15(18)8-13(9)10/h4-8H,2-3H2,1H3. The van der Waals surface area contributed by atoms with E-state index in [0.717, 1.165) is 34.7 Å². The molecule has 2 aromatic carbocycles.